The molecule has 0 aliphatic rings. The molecule has 0 unspecified atom stereocenters. The fourth-order valence-electron chi connectivity index (χ4n) is 1.22. The molecule has 0 aliphatic heterocycles. The van der Waals surface area contributed by atoms with Gasteiger partial charge < -0.3 is 0 Å². The number of carbonyl (C=O) groups excluding carboxylic acids is 1. The largest absolute Gasteiger partial charge is 0.297 e. The number of carbonyl (C=O) groups is 1. The van der Waals surface area contributed by atoms with Crippen molar-refractivity contribution in [3.05, 3.63) is 45.5 Å². The van der Waals surface area contributed by atoms with Crippen molar-refractivity contribution in [1.82, 2.24) is 0 Å². The van der Waals surface area contributed by atoms with E-state index < -0.39 is 0 Å². The molecule has 1 heterocycles. The van der Waals surface area contributed by atoms with E-state index in [1.807, 2.05) is 6.07 Å². The fraction of sp³-hybridized carbons (Fsp3) is 0. The summed E-state index contributed by atoms with van der Waals surface area (Å²) in [5.41, 5.74) is 0.904. The third-order valence-electron chi connectivity index (χ3n) is 1.95. The van der Waals surface area contributed by atoms with Gasteiger partial charge in [0, 0.05) is 4.88 Å². The van der Waals surface area contributed by atoms with Gasteiger partial charge in [-0.2, -0.15) is 0 Å². The first-order chi connectivity index (χ1) is 7.20. The second-order valence-electron chi connectivity index (χ2n) is 2.95. The van der Waals surface area contributed by atoms with Gasteiger partial charge in [-0.15, -0.1) is 11.3 Å². The quantitative estimate of drug-likeness (QED) is 0.758. The smallest absolute Gasteiger partial charge is 0.160 e. The van der Waals surface area contributed by atoms with E-state index in [-0.39, 0.29) is 5.82 Å². The lowest BCUT2D eigenvalue weighted by molar-refractivity contribution is 0.112. The van der Waals surface area contributed by atoms with Gasteiger partial charge in [-0.05, 0) is 45.8 Å². The molecular weight excluding hydrogens is 279 g/mol. The molecule has 0 atom stereocenters. The highest BCUT2D eigenvalue weighted by Crippen LogP contribution is 2.30. The molecule has 15 heavy (non-hydrogen) atoms. The van der Waals surface area contributed by atoms with Crippen molar-refractivity contribution in [2.45, 2.75) is 0 Å². The highest BCUT2D eigenvalue weighted by Gasteiger charge is 2.05. The summed E-state index contributed by atoms with van der Waals surface area (Å²) in [6, 6.07) is 8.41. The number of hydrogen-bond donors (Lipinski definition) is 0. The van der Waals surface area contributed by atoms with Gasteiger partial charge in [-0.1, -0.05) is 6.07 Å². The van der Waals surface area contributed by atoms with E-state index in [1.165, 1.54) is 17.4 Å². The van der Waals surface area contributed by atoms with E-state index in [2.05, 4.69) is 15.9 Å². The van der Waals surface area contributed by atoms with Crippen molar-refractivity contribution in [2.24, 2.45) is 0 Å². The Morgan fingerprint density at radius 3 is 2.67 bits per heavy atom. The number of rotatable bonds is 2. The summed E-state index contributed by atoms with van der Waals surface area (Å²) in [6.45, 7) is 0. The van der Waals surface area contributed by atoms with Crippen LogP contribution in [0, 0.1) is 5.82 Å². The Morgan fingerprint density at radius 1 is 1.27 bits per heavy atom. The van der Waals surface area contributed by atoms with Gasteiger partial charge >= 0.3 is 0 Å². The van der Waals surface area contributed by atoms with Gasteiger partial charge in [0.05, 0.1) is 9.35 Å². The molecule has 0 N–H and O–H groups in total. The molecule has 76 valence electrons. The lowest BCUT2D eigenvalue weighted by Crippen LogP contribution is -1.78. The predicted octanol–water partition coefficient (Wildman–Crippen LogP) is 4.13. The summed E-state index contributed by atoms with van der Waals surface area (Å²) in [6.07, 6.45) is 0.812. The van der Waals surface area contributed by atoms with E-state index >= 15 is 0 Å². The molecule has 0 saturated heterocycles. The van der Waals surface area contributed by atoms with E-state index in [9.17, 15) is 9.18 Å². The molecule has 0 fully saturated rings. The van der Waals surface area contributed by atoms with Crippen LogP contribution in [0.2, 0.25) is 0 Å². The maximum Gasteiger partial charge on any atom is 0.160 e. The Kier molecular flexibility index (Phi) is 2.98. The molecule has 0 radical (unpaired) electrons. The molecule has 2 rings (SSSR count). The number of hydrogen-bond acceptors (Lipinski definition) is 2. The summed E-state index contributed by atoms with van der Waals surface area (Å²) in [7, 11) is 0. The Balaban J connectivity index is 2.44. The second kappa shape index (κ2) is 4.24. The average molecular weight is 285 g/mol. The van der Waals surface area contributed by atoms with Crippen molar-refractivity contribution < 1.29 is 9.18 Å². The van der Waals surface area contributed by atoms with E-state index in [1.54, 1.807) is 18.2 Å². The lowest BCUT2D eigenvalue weighted by Gasteiger charge is -1.99. The zero-order valence-electron chi connectivity index (χ0n) is 7.54. The lowest BCUT2D eigenvalue weighted by atomic mass is 10.2. The summed E-state index contributed by atoms with van der Waals surface area (Å²) >= 11 is 4.52. The van der Waals surface area contributed by atoms with Crippen LogP contribution in [-0.2, 0) is 0 Å². The molecule has 0 amide bonds. The molecule has 1 nitrogen and oxygen atoms in total. The van der Waals surface area contributed by atoms with Gasteiger partial charge in [0.2, 0.25) is 0 Å². The number of thiophene rings is 1. The van der Waals surface area contributed by atoms with Crippen molar-refractivity contribution in [1.29, 1.82) is 0 Å². The maximum absolute atomic E-state index is 13.0. The van der Waals surface area contributed by atoms with Crippen LogP contribution in [0.5, 0.6) is 0 Å². The minimum absolute atomic E-state index is 0.286. The second-order valence-corrected chi connectivity index (χ2v) is 4.92. The van der Waals surface area contributed by atoms with Crippen LogP contribution in [0.4, 0.5) is 4.39 Å². The first kappa shape index (κ1) is 10.5. The number of halogens is 2. The Hall–Kier alpha value is -1.00. The number of benzene rings is 1. The minimum atomic E-state index is -0.286. The van der Waals surface area contributed by atoms with Crippen LogP contribution in [0.1, 0.15) is 9.67 Å². The predicted molar refractivity (Wildman–Crippen MR) is 62.8 cm³/mol. The molecule has 1 aromatic heterocycles. The first-order valence-electron chi connectivity index (χ1n) is 4.21. The standard InChI is InChI=1S/C11H6BrFOS/c12-9-5-7(1-3-10(9)13)11-4-2-8(6-14)15-11/h1-6H. The van der Waals surface area contributed by atoms with Gasteiger partial charge in [0.15, 0.2) is 6.29 Å². The van der Waals surface area contributed by atoms with Gasteiger partial charge in [0.25, 0.3) is 0 Å². The Labute approximate surface area is 98.7 Å². The molecule has 0 bridgehead atoms. The monoisotopic (exact) mass is 284 g/mol. The maximum atomic E-state index is 13.0. The minimum Gasteiger partial charge on any atom is -0.297 e. The van der Waals surface area contributed by atoms with Crippen LogP contribution in [0.25, 0.3) is 10.4 Å². The summed E-state index contributed by atoms with van der Waals surface area (Å²) in [4.78, 5) is 12.1. The van der Waals surface area contributed by atoms with Gasteiger partial charge in [-0.25, -0.2) is 4.39 Å². The SMILES string of the molecule is O=Cc1ccc(-c2ccc(F)c(Br)c2)s1. The summed E-state index contributed by atoms with van der Waals surface area (Å²) < 4.78 is 13.4. The zero-order valence-corrected chi connectivity index (χ0v) is 9.94. The molecule has 0 aliphatic carbocycles. The Morgan fingerprint density at radius 2 is 2.07 bits per heavy atom. The highest BCUT2D eigenvalue weighted by atomic mass is 79.9. The molecular formula is C11H6BrFOS. The molecule has 2 aromatic rings. The third-order valence-corrected chi connectivity index (χ3v) is 3.61. The molecule has 1 aromatic carbocycles. The van der Waals surface area contributed by atoms with Crippen LogP contribution < -0.4 is 0 Å². The van der Waals surface area contributed by atoms with Crippen molar-refractivity contribution >= 4 is 33.6 Å². The molecule has 4 heteroatoms. The average Bonchev–Trinajstić information content (AvgIpc) is 2.70. The van der Waals surface area contributed by atoms with Crippen molar-refractivity contribution in [2.75, 3.05) is 0 Å². The zero-order chi connectivity index (χ0) is 10.8. The fourth-order valence-corrected chi connectivity index (χ4v) is 2.42. The third kappa shape index (κ3) is 2.16. The first-order valence-corrected chi connectivity index (χ1v) is 5.82. The summed E-state index contributed by atoms with van der Waals surface area (Å²) in [5, 5.41) is 0. The van der Waals surface area contributed by atoms with Crippen LogP contribution in [0.3, 0.4) is 0 Å². The molecule has 0 spiro atoms. The Bertz CT molecular complexity index is 507. The van der Waals surface area contributed by atoms with Crippen LogP contribution in [-0.4, -0.2) is 6.29 Å². The van der Waals surface area contributed by atoms with E-state index in [0.29, 0.717) is 9.35 Å². The normalized spacial score (nSPS) is 10.3. The van der Waals surface area contributed by atoms with Crippen molar-refractivity contribution in [3.63, 3.8) is 0 Å². The van der Waals surface area contributed by atoms with Crippen LogP contribution >= 0.6 is 27.3 Å². The number of aldehydes is 1. The van der Waals surface area contributed by atoms with E-state index in [4.69, 9.17) is 0 Å². The van der Waals surface area contributed by atoms with E-state index in [0.717, 1.165) is 16.7 Å². The summed E-state index contributed by atoms with van der Waals surface area (Å²) in [5.74, 6) is -0.286. The van der Waals surface area contributed by atoms with Gasteiger partial charge in [0.1, 0.15) is 5.82 Å². The topological polar surface area (TPSA) is 17.1 Å². The highest BCUT2D eigenvalue weighted by molar-refractivity contribution is 9.10. The van der Waals surface area contributed by atoms with Gasteiger partial charge in [-0.3, -0.25) is 4.79 Å². The van der Waals surface area contributed by atoms with Crippen molar-refractivity contribution in [3.8, 4) is 10.4 Å². The van der Waals surface area contributed by atoms with Crippen LogP contribution in [0.15, 0.2) is 34.8 Å². The molecule has 0 saturated carbocycles.